The molecule has 0 amide bonds. The van der Waals surface area contributed by atoms with Crippen molar-refractivity contribution in [3.8, 4) is 0 Å². The van der Waals surface area contributed by atoms with Gasteiger partial charge in [0.05, 0.1) is 0 Å². The fourth-order valence-corrected chi connectivity index (χ4v) is 4.29. The summed E-state index contributed by atoms with van der Waals surface area (Å²) in [7, 11) is 0. The summed E-state index contributed by atoms with van der Waals surface area (Å²) in [4.78, 5) is 13.2. The van der Waals surface area contributed by atoms with Crippen LogP contribution >= 0.6 is 11.8 Å². The number of dihydropyridines is 1. The van der Waals surface area contributed by atoms with Crippen LogP contribution in [0.2, 0.25) is 0 Å². The van der Waals surface area contributed by atoms with E-state index in [2.05, 4.69) is 94.5 Å². The molecule has 0 aromatic heterocycles. The molecule has 146 valence electrons. The topological polar surface area (TPSA) is 29.1 Å². The molecule has 1 atom stereocenters. The second-order valence-corrected chi connectivity index (χ2v) is 10.3. The highest BCUT2D eigenvalue weighted by Crippen LogP contribution is 2.39. The molecule has 0 saturated heterocycles. The smallest absolute Gasteiger partial charge is 0.218 e. The van der Waals surface area contributed by atoms with Crippen LogP contribution in [-0.2, 0) is 4.79 Å². The zero-order chi connectivity index (χ0) is 20.5. The number of thioether (sulfide) groups is 1. The van der Waals surface area contributed by atoms with Crippen LogP contribution in [0.25, 0.3) is 5.70 Å². The van der Waals surface area contributed by atoms with Crippen LogP contribution in [0, 0.1) is 13.8 Å². The van der Waals surface area contributed by atoms with Crippen LogP contribution in [0.4, 0.5) is 0 Å². The Hall–Kier alpha value is -2.26. The zero-order valence-corrected chi connectivity index (χ0v) is 18.4. The summed E-state index contributed by atoms with van der Waals surface area (Å²) in [5, 5.41) is 3.63. The summed E-state index contributed by atoms with van der Waals surface area (Å²) in [6, 6.07) is 17.0. The largest absolute Gasteiger partial charge is 0.358 e. The number of allylic oxidation sites excluding steroid dienone is 2. The number of hydrogen-bond donors (Lipinski definition) is 1. The van der Waals surface area contributed by atoms with E-state index in [1.54, 1.807) is 0 Å². The first-order valence-electron chi connectivity index (χ1n) is 9.70. The molecule has 28 heavy (non-hydrogen) atoms. The van der Waals surface area contributed by atoms with Crippen LogP contribution < -0.4 is 5.32 Å². The molecule has 0 saturated carbocycles. The first-order valence-corrected chi connectivity index (χ1v) is 10.5. The normalized spacial score (nSPS) is 17.2. The summed E-state index contributed by atoms with van der Waals surface area (Å²) in [6.07, 6.45) is 2.19. The number of carbonyl (C=O) groups is 1. The average Bonchev–Trinajstić information content (AvgIpc) is 2.60. The third-order valence-electron chi connectivity index (χ3n) is 4.79. The molecule has 3 heteroatoms. The Morgan fingerprint density at radius 2 is 1.43 bits per heavy atom. The van der Waals surface area contributed by atoms with Crippen LogP contribution in [0.5, 0.6) is 0 Å². The summed E-state index contributed by atoms with van der Waals surface area (Å²) < 4.78 is -0.122. The number of aryl methyl sites for hydroxylation is 2. The second kappa shape index (κ2) is 8.00. The van der Waals surface area contributed by atoms with Crippen molar-refractivity contribution in [3.63, 3.8) is 0 Å². The maximum absolute atomic E-state index is 13.2. The van der Waals surface area contributed by atoms with Crippen LogP contribution in [0.15, 0.2) is 65.9 Å². The monoisotopic (exact) mass is 391 g/mol. The third-order valence-corrected chi connectivity index (χ3v) is 5.81. The number of benzene rings is 2. The van der Waals surface area contributed by atoms with Crippen molar-refractivity contribution >= 4 is 22.6 Å². The first kappa shape index (κ1) is 20.5. The third kappa shape index (κ3) is 4.77. The average molecular weight is 392 g/mol. The summed E-state index contributed by atoms with van der Waals surface area (Å²) >= 11 is 1.40. The van der Waals surface area contributed by atoms with Crippen molar-refractivity contribution in [1.82, 2.24) is 5.32 Å². The molecule has 0 fully saturated rings. The van der Waals surface area contributed by atoms with E-state index in [-0.39, 0.29) is 15.8 Å². The van der Waals surface area contributed by atoms with E-state index in [0.717, 1.165) is 28.1 Å². The standard InChI is InChI=1S/C25H29NOS/c1-16-7-11-19(12-8-16)21-15-22(20-13-9-17(2)10-14-20)26-18(3)23(21)24(27)28-25(4,5)6/h7-15,21,26H,1-6H3. The Balaban J connectivity index is 2.06. The molecule has 0 spiro atoms. The fraction of sp³-hybridized carbons (Fsp3) is 0.320. The predicted molar refractivity (Wildman–Crippen MR) is 121 cm³/mol. The highest BCUT2D eigenvalue weighted by Gasteiger charge is 2.30. The van der Waals surface area contributed by atoms with Crippen molar-refractivity contribution in [1.29, 1.82) is 0 Å². The van der Waals surface area contributed by atoms with Crippen LogP contribution in [0.1, 0.15) is 55.9 Å². The molecule has 1 unspecified atom stereocenters. The molecule has 0 radical (unpaired) electrons. The SMILES string of the molecule is CC1=C(C(=O)SC(C)(C)C)C(c2ccc(C)cc2)C=C(c2ccc(C)cc2)N1. The molecule has 2 aromatic rings. The van der Waals surface area contributed by atoms with Crippen molar-refractivity contribution in [2.45, 2.75) is 52.2 Å². The molecule has 0 aliphatic carbocycles. The highest BCUT2D eigenvalue weighted by atomic mass is 32.2. The predicted octanol–water partition coefficient (Wildman–Crippen LogP) is 6.36. The lowest BCUT2D eigenvalue weighted by atomic mass is 9.86. The van der Waals surface area contributed by atoms with Gasteiger partial charge in [0, 0.05) is 27.6 Å². The minimum atomic E-state index is -0.122. The molecule has 1 aliphatic rings. The highest BCUT2D eigenvalue weighted by molar-refractivity contribution is 8.15. The number of carbonyl (C=O) groups excluding carboxylic acids is 1. The van der Waals surface area contributed by atoms with Gasteiger partial charge in [-0.25, -0.2) is 0 Å². The first-order chi connectivity index (χ1) is 13.1. The quantitative estimate of drug-likeness (QED) is 0.660. The maximum atomic E-state index is 13.2. The Kier molecular flexibility index (Phi) is 5.85. The molecule has 3 rings (SSSR count). The van der Waals surface area contributed by atoms with E-state index in [4.69, 9.17) is 0 Å². The number of hydrogen-bond acceptors (Lipinski definition) is 3. The lowest BCUT2D eigenvalue weighted by Gasteiger charge is -2.29. The van der Waals surface area contributed by atoms with Gasteiger partial charge in [0.25, 0.3) is 0 Å². The van der Waals surface area contributed by atoms with Gasteiger partial charge in [0.2, 0.25) is 5.12 Å². The molecule has 1 aliphatic heterocycles. The molecular weight excluding hydrogens is 362 g/mol. The summed E-state index contributed by atoms with van der Waals surface area (Å²) in [5.74, 6) is -0.0551. The minimum Gasteiger partial charge on any atom is -0.358 e. The van der Waals surface area contributed by atoms with E-state index in [1.165, 1.54) is 22.9 Å². The van der Waals surface area contributed by atoms with Gasteiger partial charge in [-0.05, 0) is 38.0 Å². The Morgan fingerprint density at radius 3 is 1.96 bits per heavy atom. The van der Waals surface area contributed by atoms with Gasteiger partial charge < -0.3 is 5.32 Å². The van der Waals surface area contributed by atoms with Gasteiger partial charge in [-0.2, -0.15) is 0 Å². The van der Waals surface area contributed by atoms with E-state index in [9.17, 15) is 4.79 Å². The van der Waals surface area contributed by atoms with Gasteiger partial charge >= 0.3 is 0 Å². The molecule has 1 N–H and O–H groups in total. The van der Waals surface area contributed by atoms with Crippen LogP contribution in [-0.4, -0.2) is 9.86 Å². The molecule has 1 heterocycles. The lowest BCUT2D eigenvalue weighted by Crippen LogP contribution is -2.25. The van der Waals surface area contributed by atoms with Gasteiger partial charge in [0.15, 0.2) is 0 Å². The second-order valence-electron chi connectivity index (χ2n) is 8.50. The van der Waals surface area contributed by atoms with Crippen molar-refractivity contribution in [2.75, 3.05) is 0 Å². The summed E-state index contributed by atoms with van der Waals surface area (Å²) in [6.45, 7) is 12.4. The van der Waals surface area contributed by atoms with E-state index in [1.807, 2.05) is 6.92 Å². The molecule has 2 aromatic carbocycles. The van der Waals surface area contributed by atoms with Crippen molar-refractivity contribution in [2.24, 2.45) is 0 Å². The Morgan fingerprint density at radius 1 is 0.893 bits per heavy atom. The van der Waals surface area contributed by atoms with Crippen molar-refractivity contribution < 1.29 is 4.79 Å². The number of nitrogens with one attached hydrogen (secondary N) is 1. The Bertz CT molecular complexity index is 928. The van der Waals surface area contributed by atoms with Crippen LogP contribution in [0.3, 0.4) is 0 Å². The van der Waals surface area contributed by atoms with E-state index >= 15 is 0 Å². The number of rotatable bonds is 3. The molecular formula is C25H29NOS. The van der Waals surface area contributed by atoms with Gasteiger partial charge in [0.1, 0.15) is 0 Å². The van der Waals surface area contributed by atoms with Crippen molar-refractivity contribution in [3.05, 3.63) is 88.1 Å². The van der Waals surface area contributed by atoms with Gasteiger partial charge in [-0.1, -0.05) is 92.2 Å². The minimum absolute atomic E-state index is 0.0551. The summed E-state index contributed by atoms with van der Waals surface area (Å²) in [5.41, 5.74) is 7.58. The lowest BCUT2D eigenvalue weighted by molar-refractivity contribution is -0.108. The maximum Gasteiger partial charge on any atom is 0.218 e. The fourth-order valence-electron chi connectivity index (χ4n) is 3.35. The molecule has 2 nitrogen and oxygen atoms in total. The molecule has 0 bridgehead atoms. The van der Waals surface area contributed by atoms with E-state index < -0.39 is 0 Å². The van der Waals surface area contributed by atoms with Gasteiger partial charge in [-0.15, -0.1) is 0 Å². The zero-order valence-electron chi connectivity index (χ0n) is 17.6. The van der Waals surface area contributed by atoms with E-state index in [0.29, 0.717) is 0 Å². The van der Waals surface area contributed by atoms with Gasteiger partial charge in [-0.3, -0.25) is 4.79 Å². The Labute approximate surface area is 173 Å².